The maximum absolute atomic E-state index is 5.43. The lowest BCUT2D eigenvalue weighted by Gasteiger charge is -2.07. The Hall–Kier alpha value is -0.830. The molecule has 1 aromatic heterocycles. The van der Waals surface area contributed by atoms with E-state index in [-0.39, 0.29) is 0 Å². The second-order valence-electron chi connectivity index (χ2n) is 4.44. The summed E-state index contributed by atoms with van der Waals surface area (Å²) in [5.74, 6) is 2.01. The molecule has 1 N–H and O–H groups in total. The molecular weight excluding hydrogens is 188 g/mol. The molecule has 0 unspecified atom stereocenters. The summed E-state index contributed by atoms with van der Waals surface area (Å²) in [5, 5.41) is 3.12. The van der Waals surface area contributed by atoms with Gasteiger partial charge in [-0.2, -0.15) is 0 Å². The van der Waals surface area contributed by atoms with Crippen molar-refractivity contribution in [1.82, 2.24) is 10.3 Å². The molecule has 0 aliphatic heterocycles. The molecule has 84 valence electrons. The average Bonchev–Trinajstić information content (AvgIpc) is 2.85. The van der Waals surface area contributed by atoms with Gasteiger partial charge in [0.25, 0.3) is 0 Å². The molecule has 1 saturated carbocycles. The van der Waals surface area contributed by atoms with E-state index >= 15 is 0 Å². The minimum absolute atomic E-state index is 0.816. The van der Waals surface area contributed by atoms with Crippen molar-refractivity contribution < 1.29 is 4.42 Å². The van der Waals surface area contributed by atoms with Gasteiger partial charge in [-0.15, -0.1) is 0 Å². The monoisotopic (exact) mass is 208 g/mol. The number of aromatic nitrogens is 1. The van der Waals surface area contributed by atoms with Crippen LogP contribution in [0.5, 0.6) is 0 Å². The molecule has 1 heterocycles. The SMILES string of the molecule is CNCc1ncoc1CCC1CCCC1. The van der Waals surface area contributed by atoms with E-state index in [4.69, 9.17) is 4.42 Å². The van der Waals surface area contributed by atoms with Crippen molar-refractivity contribution in [3.05, 3.63) is 17.8 Å². The summed E-state index contributed by atoms with van der Waals surface area (Å²) in [5.41, 5.74) is 1.08. The molecule has 1 aromatic rings. The molecule has 3 nitrogen and oxygen atoms in total. The third-order valence-corrected chi connectivity index (χ3v) is 3.32. The minimum atomic E-state index is 0.816. The van der Waals surface area contributed by atoms with Crippen molar-refractivity contribution in [3.63, 3.8) is 0 Å². The normalized spacial score (nSPS) is 17.4. The second kappa shape index (κ2) is 5.31. The van der Waals surface area contributed by atoms with Crippen LogP contribution in [-0.2, 0) is 13.0 Å². The third-order valence-electron chi connectivity index (χ3n) is 3.32. The number of nitrogens with one attached hydrogen (secondary N) is 1. The van der Waals surface area contributed by atoms with Crippen molar-refractivity contribution in [3.8, 4) is 0 Å². The first-order chi connectivity index (χ1) is 7.40. The summed E-state index contributed by atoms with van der Waals surface area (Å²) >= 11 is 0. The molecule has 1 aliphatic carbocycles. The highest BCUT2D eigenvalue weighted by Crippen LogP contribution is 2.29. The predicted molar refractivity (Wildman–Crippen MR) is 59.5 cm³/mol. The Balaban J connectivity index is 1.83. The molecule has 1 aliphatic rings. The topological polar surface area (TPSA) is 38.1 Å². The molecule has 3 heteroatoms. The lowest BCUT2D eigenvalue weighted by molar-refractivity contribution is 0.443. The van der Waals surface area contributed by atoms with Gasteiger partial charge in [0.1, 0.15) is 5.76 Å². The maximum atomic E-state index is 5.43. The van der Waals surface area contributed by atoms with Gasteiger partial charge in [0.15, 0.2) is 6.39 Å². The van der Waals surface area contributed by atoms with E-state index in [0.29, 0.717) is 0 Å². The van der Waals surface area contributed by atoms with Crippen LogP contribution in [0.25, 0.3) is 0 Å². The standard InChI is InChI=1S/C12H20N2O/c1-13-8-11-12(15-9-14-11)7-6-10-4-2-3-5-10/h9-10,13H,2-8H2,1H3. The highest BCUT2D eigenvalue weighted by Gasteiger charge is 2.16. The van der Waals surface area contributed by atoms with E-state index in [1.54, 1.807) is 6.39 Å². The van der Waals surface area contributed by atoms with E-state index in [1.807, 2.05) is 7.05 Å². The van der Waals surface area contributed by atoms with Crippen LogP contribution in [0.3, 0.4) is 0 Å². The molecule has 2 rings (SSSR count). The van der Waals surface area contributed by atoms with Gasteiger partial charge in [-0.05, 0) is 19.4 Å². The van der Waals surface area contributed by atoms with E-state index < -0.39 is 0 Å². The van der Waals surface area contributed by atoms with Gasteiger partial charge in [0.05, 0.1) is 5.69 Å². The Morgan fingerprint density at radius 1 is 1.47 bits per heavy atom. The summed E-state index contributed by atoms with van der Waals surface area (Å²) in [6, 6.07) is 0. The maximum Gasteiger partial charge on any atom is 0.181 e. The molecule has 1 fully saturated rings. The highest BCUT2D eigenvalue weighted by atomic mass is 16.3. The smallest absolute Gasteiger partial charge is 0.181 e. The fourth-order valence-electron chi connectivity index (χ4n) is 2.44. The number of hydrogen-bond donors (Lipinski definition) is 1. The van der Waals surface area contributed by atoms with E-state index in [9.17, 15) is 0 Å². The van der Waals surface area contributed by atoms with E-state index in [2.05, 4.69) is 10.3 Å². The summed E-state index contributed by atoms with van der Waals surface area (Å²) in [7, 11) is 1.94. The van der Waals surface area contributed by atoms with Crippen LogP contribution in [0.1, 0.15) is 43.6 Å². The number of oxazole rings is 1. The first-order valence-electron chi connectivity index (χ1n) is 5.96. The molecule has 0 radical (unpaired) electrons. The number of rotatable bonds is 5. The largest absolute Gasteiger partial charge is 0.448 e. The van der Waals surface area contributed by atoms with Gasteiger partial charge in [0, 0.05) is 13.0 Å². The van der Waals surface area contributed by atoms with Gasteiger partial charge in [-0.3, -0.25) is 0 Å². The molecule has 0 saturated heterocycles. The second-order valence-corrected chi connectivity index (χ2v) is 4.44. The van der Waals surface area contributed by atoms with Gasteiger partial charge in [-0.1, -0.05) is 25.7 Å². The Morgan fingerprint density at radius 2 is 2.27 bits per heavy atom. The Labute approximate surface area is 91.3 Å². The zero-order valence-corrected chi connectivity index (χ0v) is 9.46. The highest BCUT2D eigenvalue weighted by molar-refractivity contribution is 5.07. The van der Waals surface area contributed by atoms with Gasteiger partial charge >= 0.3 is 0 Å². The van der Waals surface area contributed by atoms with Gasteiger partial charge in [-0.25, -0.2) is 4.98 Å². The molecule has 0 amide bonds. The summed E-state index contributed by atoms with van der Waals surface area (Å²) in [6.07, 6.45) is 9.56. The first kappa shape index (κ1) is 10.7. The number of aryl methyl sites for hydroxylation is 1. The van der Waals surface area contributed by atoms with Gasteiger partial charge in [0.2, 0.25) is 0 Å². The lowest BCUT2D eigenvalue weighted by atomic mass is 10.0. The molecule has 0 bridgehead atoms. The van der Waals surface area contributed by atoms with E-state index in [0.717, 1.165) is 30.3 Å². The van der Waals surface area contributed by atoms with E-state index in [1.165, 1.54) is 32.1 Å². The van der Waals surface area contributed by atoms with Crippen molar-refractivity contribution in [2.75, 3.05) is 7.05 Å². The van der Waals surface area contributed by atoms with Crippen LogP contribution in [0.15, 0.2) is 10.8 Å². The molecule has 0 atom stereocenters. The van der Waals surface area contributed by atoms with Crippen molar-refractivity contribution in [2.24, 2.45) is 5.92 Å². The molecular formula is C12H20N2O. The van der Waals surface area contributed by atoms with Crippen LogP contribution in [0, 0.1) is 5.92 Å². The Bertz CT molecular complexity index is 290. The van der Waals surface area contributed by atoms with Crippen LogP contribution < -0.4 is 5.32 Å². The number of hydrogen-bond acceptors (Lipinski definition) is 3. The quantitative estimate of drug-likeness (QED) is 0.808. The predicted octanol–water partition coefficient (Wildman–Crippen LogP) is 2.52. The fraction of sp³-hybridized carbons (Fsp3) is 0.750. The Morgan fingerprint density at radius 3 is 3.00 bits per heavy atom. The first-order valence-corrected chi connectivity index (χ1v) is 5.96. The van der Waals surface area contributed by atoms with Crippen LogP contribution in [-0.4, -0.2) is 12.0 Å². The Kier molecular flexibility index (Phi) is 3.78. The minimum Gasteiger partial charge on any atom is -0.448 e. The van der Waals surface area contributed by atoms with Crippen LogP contribution in [0.2, 0.25) is 0 Å². The zero-order valence-electron chi connectivity index (χ0n) is 9.46. The van der Waals surface area contributed by atoms with Gasteiger partial charge < -0.3 is 9.73 Å². The summed E-state index contributed by atoms with van der Waals surface area (Å²) < 4.78 is 5.43. The van der Waals surface area contributed by atoms with Crippen molar-refractivity contribution >= 4 is 0 Å². The molecule has 0 aromatic carbocycles. The third kappa shape index (κ3) is 2.81. The average molecular weight is 208 g/mol. The summed E-state index contributed by atoms with van der Waals surface area (Å²) in [4.78, 5) is 4.22. The van der Waals surface area contributed by atoms with Crippen LogP contribution in [0.4, 0.5) is 0 Å². The summed E-state index contributed by atoms with van der Waals surface area (Å²) in [6.45, 7) is 0.816. The fourth-order valence-corrected chi connectivity index (χ4v) is 2.44. The van der Waals surface area contributed by atoms with Crippen molar-refractivity contribution in [2.45, 2.75) is 45.1 Å². The zero-order chi connectivity index (χ0) is 10.5. The van der Waals surface area contributed by atoms with Crippen LogP contribution >= 0.6 is 0 Å². The molecule has 15 heavy (non-hydrogen) atoms. The molecule has 0 spiro atoms. The van der Waals surface area contributed by atoms with Crippen molar-refractivity contribution in [1.29, 1.82) is 0 Å². The lowest BCUT2D eigenvalue weighted by Crippen LogP contribution is -2.08. The number of nitrogens with zero attached hydrogens (tertiary/aromatic N) is 1.